The molecule has 5 rings (SSSR count). The van der Waals surface area contributed by atoms with Gasteiger partial charge in [-0.2, -0.15) is 5.10 Å². The van der Waals surface area contributed by atoms with E-state index in [0.29, 0.717) is 5.92 Å². The first-order valence-electron chi connectivity index (χ1n) is 12.9. The fraction of sp³-hybridized carbons (Fsp3) is 0.720. The van der Waals surface area contributed by atoms with Crippen molar-refractivity contribution in [2.45, 2.75) is 84.3 Å². The van der Waals surface area contributed by atoms with Gasteiger partial charge in [-0.1, -0.05) is 20.8 Å². The third kappa shape index (κ3) is 4.87. The number of carbonyl (C=O) groups excluding carboxylic acids is 1. The third-order valence-corrected chi connectivity index (χ3v) is 7.31. The summed E-state index contributed by atoms with van der Waals surface area (Å²) in [6.45, 7) is 11.8. The minimum Gasteiger partial charge on any atom is -0.355 e. The summed E-state index contributed by atoms with van der Waals surface area (Å²) in [7, 11) is 0. The zero-order valence-corrected chi connectivity index (χ0v) is 20.8. The Bertz CT molecular complexity index is 958. The van der Waals surface area contributed by atoms with E-state index in [4.69, 9.17) is 15.8 Å². The van der Waals surface area contributed by atoms with Crippen LogP contribution in [0, 0.1) is 12.8 Å². The Morgan fingerprint density at radius 3 is 2.70 bits per heavy atom. The van der Waals surface area contributed by atoms with E-state index in [1.807, 2.05) is 18.4 Å². The zero-order chi connectivity index (χ0) is 23.5. The highest BCUT2D eigenvalue weighted by Gasteiger charge is 2.37. The molecule has 3 aliphatic rings. The molecule has 5 heterocycles. The van der Waals surface area contributed by atoms with Crippen molar-refractivity contribution in [3.05, 3.63) is 23.5 Å². The molecule has 8 nitrogen and oxygen atoms in total. The molecule has 0 bridgehead atoms. The molecule has 2 aromatic heterocycles. The number of nitrogens with zero attached hydrogens (tertiary/aromatic N) is 5. The number of amides is 1. The fourth-order valence-electron chi connectivity index (χ4n) is 5.54. The van der Waals surface area contributed by atoms with Gasteiger partial charge >= 0.3 is 0 Å². The number of aromatic nitrogens is 3. The molecule has 0 radical (unpaired) electrons. The molecule has 2 aromatic rings. The number of likely N-dealkylation sites (tertiary alicyclic amines) is 1. The molecule has 3 N–H and O–H groups in total. The maximum absolute atomic E-state index is 13.5. The van der Waals surface area contributed by atoms with Gasteiger partial charge in [0.25, 0.3) is 0 Å². The van der Waals surface area contributed by atoms with Crippen LogP contribution in [0.25, 0.3) is 5.65 Å². The SMILES string of the molecule is CC.Cc1cn2nc(C3CCCCN3C(=O)C3NCCCC3C)cc2nc1N1CCC(N)C1. The number of anilines is 1. The normalized spacial score (nSPS) is 28.0. The first-order valence-corrected chi connectivity index (χ1v) is 12.9. The third-order valence-electron chi connectivity index (χ3n) is 7.31. The quantitative estimate of drug-likeness (QED) is 0.739. The van der Waals surface area contributed by atoms with Gasteiger partial charge in [0.05, 0.1) is 17.8 Å². The number of aryl methyl sites for hydroxylation is 1. The predicted molar refractivity (Wildman–Crippen MR) is 132 cm³/mol. The monoisotopic (exact) mass is 455 g/mol. The van der Waals surface area contributed by atoms with E-state index in [1.165, 1.54) is 0 Å². The van der Waals surface area contributed by atoms with Gasteiger partial charge in [0.1, 0.15) is 5.82 Å². The Kier molecular flexibility index (Phi) is 7.54. The number of hydrogen-bond donors (Lipinski definition) is 2. The largest absolute Gasteiger partial charge is 0.355 e. The second-order valence-corrected chi connectivity index (χ2v) is 9.71. The van der Waals surface area contributed by atoms with E-state index in [1.54, 1.807) is 0 Å². The van der Waals surface area contributed by atoms with Crippen LogP contribution in [0.3, 0.4) is 0 Å². The predicted octanol–water partition coefficient (Wildman–Crippen LogP) is 3.04. The van der Waals surface area contributed by atoms with E-state index < -0.39 is 0 Å². The Balaban J connectivity index is 0.00000126. The molecular weight excluding hydrogens is 414 g/mol. The number of nitrogens with one attached hydrogen (secondary N) is 1. The molecule has 4 atom stereocenters. The Hall–Kier alpha value is -2.19. The number of carbonyl (C=O) groups is 1. The molecule has 0 aromatic carbocycles. The van der Waals surface area contributed by atoms with Crippen molar-refractivity contribution in [3.63, 3.8) is 0 Å². The summed E-state index contributed by atoms with van der Waals surface area (Å²) in [5, 5.41) is 8.34. The van der Waals surface area contributed by atoms with Gasteiger partial charge in [-0.15, -0.1) is 0 Å². The van der Waals surface area contributed by atoms with E-state index in [2.05, 4.69) is 41.2 Å². The Morgan fingerprint density at radius 2 is 1.97 bits per heavy atom. The summed E-state index contributed by atoms with van der Waals surface area (Å²) in [5.74, 6) is 1.62. The topological polar surface area (TPSA) is 91.8 Å². The van der Waals surface area contributed by atoms with Crippen LogP contribution < -0.4 is 16.0 Å². The summed E-state index contributed by atoms with van der Waals surface area (Å²) in [6.07, 6.45) is 8.48. The number of fused-ring (bicyclic) bond motifs is 1. The lowest BCUT2D eigenvalue weighted by Crippen LogP contribution is -2.54. The Morgan fingerprint density at radius 1 is 1.15 bits per heavy atom. The van der Waals surface area contributed by atoms with Crippen LogP contribution in [0.15, 0.2) is 12.3 Å². The molecule has 33 heavy (non-hydrogen) atoms. The minimum absolute atomic E-state index is 0.0304. The first kappa shape index (κ1) is 24.0. The van der Waals surface area contributed by atoms with Gasteiger partial charge in [-0.3, -0.25) is 4.79 Å². The minimum atomic E-state index is -0.0715. The summed E-state index contributed by atoms with van der Waals surface area (Å²) < 4.78 is 1.88. The number of hydrogen-bond acceptors (Lipinski definition) is 6. The lowest BCUT2D eigenvalue weighted by Gasteiger charge is -2.39. The van der Waals surface area contributed by atoms with Gasteiger partial charge in [-0.05, 0) is 57.9 Å². The average Bonchev–Trinajstić information content (AvgIpc) is 3.45. The highest BCUT2D eigenvalue weighted by atomic mass is 16.2. The van der Waals surface area contributed by atoms with Crippen molar-refractivity contribution in [1.82, 2.24) is 24.8 Å². The van der Waals surface area contributed by atoms with Crippen LogP contribution in [0.5, 0.6) is 0 Å². The van der Waals surface area contributed by atoms with Crippen LogP contribution in [0.4, 0.5) is 5.82 Å². The molecule has 1 amide bonds. The van der Waals surface area contributed by atoms with Gasteiger partial charge in [0, 0.05) is 43.5 Å². The molecular formula is C25H41N7O. The van der Waals surface area contributed by atoms with Crippen LogP contribution >= 0.6 is 0 Å². The summed E-state index contributed by atoms with van der Waals surface area (Å²) in [6, 6.07) is 2.25. The molecule has 8 heteroatoms. The van der Waals surface area contributed by atoms with Crippen LogP contribution in [0.1, 0.15) is 76.6 Å². The highest BCUT2D eigenvalue weighted by Crippen LogP contribution is 2.33. The molecule has 0 aliphatic carbocycles. The van der Waals surface area contributed by atoms with Gasteiger partial charge in [0.2, 0.25) is 5.91 Å². The molecule has 4 unspecified atom stereocenters. The van der Waals surface area contributed by atoms with Crippen molar-refractivity contribution in [2.24, 2.45) is 11.7 Å². The average molecular weight is 456 g/mol. The summed E-state index contributed by atoms with van der Waals surface area (Å²) in [5.41, 5.74) is 9.02. The van der Waals surface area contributed by atoms with Gasteiger partial charge in [0.15, 0.2) is 5.65 Å². The van der Waals surface area contributed by atoms with Crippen molar-refractivity contribution in [3.8, 4) is 0 Å². The standard InChI is InChI=1S/C23H35N7O.C2H6/c1-15-6-5-9-25-21(15)23(31)29-10-4-3-7-19(29)18-12-20-26-22(16(2)13-30(20)27-18)28-11-8-17(24)14-28;1-2/h12-13,15,17,19,21,25H,3-11,14,24H2,1-2H3;1-2H3. The van der Waals surface area contributed by atoms with E-state index in [9.17, 15) is 4.79 Å². The molecule has 0 spiro atoms. The second-order valence-electron chi connectivity index (χ2n) is 9.71. The highest BCUT2D eigenvalue weighted by molar-refractivity contribution is 5.83. The molecule has 3 aliphatic heterocycles. The first-order chi connectivity index (χ1) is 16.0. The molecule has 3 fully saturated rings. The summed E-state index contributed by atoms with van der Waals surface area (Å²) in [4.78, 5) is 22.8. The van der Waals surface area contributed by atoms with E-state index in [0.717, 1.165) is 87.4 Å². The molecule has 182 valence electrons. The second kappa shape index (κ2) is 10.4. The summed E-state index contributed by atoms with van der Waals surface area (Å²) >= 11 is 0. The van der Waals surface area contributed by atoms with Gasteiger partial charge < -0.3 is 20.9 Å². The molecule has 0 saturated carbocycles. The number of piperidine rings is 2. The van der Waals surface area contributed by atoms with Crippen molar-refractivity contribution in [2.75, 3.05) is 31.1 Å². The fourth-order valence-corrected chi connectivity index (χ4v) is 5.54. The number of rotatable bonds is 3. The van der Waals surface area contributed by atoms with Crippen molar-refractivity contribution in [1.29, 1.82) is 0 Å². The lowest BCUT2D eigenvalue weighted by atomic mass is 9.90. The van der Waals surface area contributed by atoms with Crippen molar-refractivity contribution < 1.29 is 4.79 Å². The number of nitrogens with two attached hydrogens (primary N) is 1. The molecule has 3 saturated heterocycles. The maximum Gasteiger partial charge on any atom is 0.240 e. The van der Waals surface area contributed by atoms with Crippen LogP contribution in [-0.2, 0) is 4.79 Å². The van der Waals surface area contributed by atoms with Gasteiger partial charge in [-0.25, -0.2) is 9.50 Å². The zero-order valence-electron chi connectivity index (χ0n) is 20.8. The lowest BCUT2D eigenvalue weighted by molar-refractivity contribution is -0.139. The Labute approximate surface area is 197 Å². The van der Waals surface area contributed by atoms with Crippen molar-refractivity contribution >= 4 is 17.4 Å². The van der Waals surface area contributed by atoms with Crippen LogP contribution in [-0.4, -0.2) is 63.7 Å². The van der Waals surface area contributed by atoms with Crippen LogP contribution in [0.2, 0.25) is 0 Å². The van der Waals surface area contributed by atoms with E-state index in [-0.39, 0.29) is 24.0 Å². The van der Waals surface area contributed by atoms with E-state index >= 15 is 0 Å². The smallest absolute Gasteiger partial charge is 0.240 e. The maximum atomic E-state index is 13.5.